The first-order valence-corrected chi connectivity index (χ1v) is 8.14. The Morgan fingerprint density at radius 1 is 1.12 bits per heavy atom. The molecule has 2 rings (SSSR count). The fourth-order valence-electron chi connectivity index (χ4n) is 2.73. The molecule has 0 aliphatic heterocycles. The van der Waals surface area contributed by atoms with Crippen molar-refractivity contribution in [2.75, 3.05) is 7.11 Å². The predicted molar refractivity (Wildman–Crippen MR) is 92.2 cm³/mol. The highest BCUT2D eigenvalue weighted by molar-refractivity contribution is 5.67. The monoisotopic (exact) mass is 345 g/mol. The summed E-state index contributed by atoms with van der Waals surface area (Å²) >= 11 is 0. The van der Waals surface area contributed by atoms with Gasteiger partial charge in [0, 0.05) is 16.7 Å². The minimum atomic E-state index is -1.24. The number of methoxy groups -OCH3 is 1. The molecule has 136 valence electrons. The van der Waals surface area contributed by atoms with E-state index in [0.717, 1.165) is 22.4 Å². The Labute approximate surface area is 148 Å². The maximum absolute atomic E-state index is 11.0. The maximum atomic E-state index is 11.0. The summed E-state index contributed by atoms with van der Waals surface area (Å²) < 4.78 is 6.97. The lowest BCUT2D eigenvalue weighted by molar-refractivity contribution is -0.306. The van der Waals surface area contributed by atoms with Crippen LogP contribution < -0.4 is 9.84 Å². The highest BCUT2D eigenvalue weighted by Gasteiger charge is 2.28. The third-order valence-corrected chi connectivity index (χ3v) is 3.98. The van der Waals surface area contributed by atoms with Gasteiger partial charge in [0.1, 0.15) is 5.75 Å². The largest absolute Gasteiger partial charge is 0.548 e. The van der Waals surface area contributed by atoms with E-state index in [9.17, 15) is 9.90 Å². The number of carbonyl (C=O) groups excluding carboxylic acids is 1. The summed E-state index contributed by atoms with van der Waals surface area (Å²) in [5.41, 5.74) is 2.44. The van der Waals surface area contributed by atoms with Crippen LogP contribution in [0.4, 0.5) is 0 Å². The second kappa shape index (κ2) is 6.46. The summed E-state index contributed by atoms with van der Waals surface area (Å²) in [5, 5.41) is 22.3. The maximum Gasteiger partial charge on any atom is 0.182 e. The van der Waals surface area contributed by atoms with E-state index in [1.807, 2.05) is 12.1 Å². The molecule has 0 saturated carbocycles. The predicted octanol–water partition coefficient (Wildman–Crippen LogP) is 1.69. The molecule has 7 nitrogen and oxygen atoms in total. The Morgan fingerprint density at radius 3 is 2.04 bits per heavy atom. The summed E-state index contributed by atoms with van der Waals surface area (Å²) in [6.07, 6.45) is 0. The van der Waals surface area contributed by atoms with Gasteiger partial charge < -0.3 is 14.6 Å². The lowest BCUT2D eigenvalue weighted by Crippen LogP contribution is -2.28. The Balaban J connectivity index is 2.76. The average molecular weight is 345 g/mol. The lowest BCUT2D eigenvalue weighted by atomic mass is 9.78. The summed E-state index contributed by atoms with van der Waals surface area (Å²) in [6, 6.07) is 3.93. The number of carboxylic acid groups (broad SMARTS) is 1. The number of nitrogens with zero attached hydrogens (tertiary/aromatic N) is 4. The van der Waals surface area contributed by atoms with E-state index in [1.165, 1.54) is 4.68 Å². The normalized spacial score (nSPS) is 12.3. The zero-order valence-electron chi connectivity index (χ0n) is 15.9. The zero-order valence-corrected chi connectivity index (χ0v) is 15.9. The Morgan fingerprint density at radius 2 is 1.64 bits per heavy atom. The van der Waals surface area contributed by atoms with Crippen LogP contribution in [-0.4, -0.2) is 33.3 Å². The minimum Gasteiger partial charge on any atom is -0.548 e. The summed E-state index contributed by atoms with van der Waals surface area (Å²) in [7, 11) is 1.67. The number of carbonyl (C=O) groups is 1. The Hall–Kier alpha value is -2.44. The molecular formula is C18H25N4O3-. The van der Waals surface area contributed by atoms with Crippen LogP contribution in [0.2, 0.25) is 0 Å². The summed E-state index contributed by atoms with van der Waals surface area (Å²) in [5.74, 6) is -0.0142. The molecule has 0 aliphatic rings. The third-order valence-electron chi connectivity index (χ3n) is 3.98. The Kier molecular flexibility index (Phi) is 4.88. The van der Waals surface area contributed by atoms with E-state index in [1.54, 1.807) is 7.11 Å². The number of rotatable bonds is 4. The number of aliphatic carboxylic acids is 1. The van der Waals surface area contributed by atoms with Crippen LogP contribution in [0.5, 0.6) is 5.75 Å². The topological polar surface area (TPSA) is 93.0 Å². The van der Waals surface area contributed by atoms with Crippen LogP contribution in [0, 0.1) is 0 Å². The number of hydrogen-bond acceptors (Lipinski definition) is 6. The molecule has 0 saturated heterocycles. The highest BCUT2D eigenvalue weighted by atomic mass is 16.5. The number of carboxylic acids is 1. The molecule has 0 amide bonds. The number of hydrogen-bond donors (Lipinski definition) is 0. The number of benzene rings is 1. The quantitative estimate of drug-likeness (QED) is 0.837. The summed E-state index contributed by atoms with van der Waals surface area (Å²) in [4.78, 5) is 11.0. The molecule has 1 aromatic heterocycles. The van der Waals surface area contributed by atoms with Crippen molar-refractivity contribution < 1.29 is 14.6 Å². The molecule has 0 N–H and O–H groups in total. The van der Waals surface area contributed by atoms with Gasteiger partial charge in [-0.2, -0.15) is 0 Å². The molecule has 1 heterocycles. The standard InChI is InChI=1S/C18H26N4O3/c1-17(2,3)12-8-11(9-13(15(12)25-7)18(4,5)6)16-19-20-21-22(16)10-14(23)24/h8-9H,10H2,1-7H3,(H,23,24)/p-1. The van der Waals surface area contributed by atoms with Gasteiger partial charge in [0.2, 0.25) is 0 Å². The zero-order chi connectivity index (χ0) is 19.0. The molecule has 0 bridgehead atoms. The molecule has 0 unspecified atom stereocenters. The fraction of sp³-hybridized carbons (Fsp3) is 0.556. The van der Waals surface area contributed by atoms with Crippen molar-refractivity contribution in [1.82, 2.24) is 20.2 Å². The van der Waals surface area contributed by atoms with Crippen LogP contribution in [0.1, 0.15) is 52.7 Å². The third kappa shape index (κ3) is 3.97. The van der Waals surface area contributed by atoms with E-state index in [-0.39, 0.29) is 10.8 Å². The molecule has 1 aromatic carbocycles. The van der Waals surface area contributed by atoms with E-state index < -0.39 is 12.5 Å². The van der Waals surface area contributed by atoms with Crippen molar-refractivity contribution in [3.63, 3.8) is 0 Å². The molecule has 25 heavy (non-hydrogen) atoms. The van der Waals surface area contributed by atoms with E-state index in [4.69, 9.17) is 4.74 Å². The number of tetrazole rings is 1. The van der Waals surface area contributed by atoms with Crippen LogP contribution in [0.25, 0.3) is 11.4 Å². The van der Waals surface area contributed by atoms with Crippen LogP contribution in [-0.2, 0) is 22.2 Å². The van der Waals surface area contributed by atoms with Gasteiger partial charge >= 0.3 is 0 Å². The SMILES string of the molecule is COc1c(C(C)(C)C)cc(-c2nnnn2CC(=O)[O-])cc1C(C)(C)C. The van der Waals surface area contributed by atoms with Gasteiger partial charge in [-0.3, -0.25) is 0 Å². The van der Waals surface area contributed by atoms with Crippen molar-refractivity contribution in [2.24, 2.45) is 0 Å². The molecule has 0 fully saturated rings. The smallest absolute Gasteiger partial charge is 0.182 e. The van der Waals surface area contributed by atoms with E-state index in [0.29, 0.717) is 5.82 Å². The van der Waals surface area contributed by atoms with Gasteiger partial charge in [-0.15, -0.1) is 5.10 Å². The van der Waals surface area contributed by atoms with Crippen molar-refractivity contribution in [2.45, 2.75) is 58.9 Å². The van der Waals surface area contributed by atoms with Crippen molar-refractivity contribution >= 4 is 5.97 Å². The van der Waals surface area contributed by atoms with Crippen molar-refractivity contribution in [3.05, 3.63) is 23.3 Å². The first-order chi connectivity index (χ1) is 11.4. The van der Waals surface area contributed by atoms with Gasteiger partial charge in [-0.1, -0.05) is 41.5 Å². The molecule has 0 aliphatic carbocycles. The molecule has 7 heteroatoms. The molecule has 0 atom stereocenters. The first kappa shape index (κ1) is 18.9. The van der Waals surface area contributed by atoms with Crippen LogP contribution in [0.15, 0.2) is 12.1 Å². The second-order valence-electron chi connectivity index (χ2n) is 8.14. The number of aromatic nitrogens is 4. The van der Waals surface area contributed by atoms with Crippen molar-refractivity contribution in [1.29, 1.82) is 0 Å². The van der Waals surface area contributed by atoms with Gasteiger partial charge in [-0.05, 0) is 33.4 Å². The average Bonchev–Trinajstić information content (AvgIpc) is 2.91. The van der Waals surface area contributed by atoms with Gasteiger partial charge in [-0.25, -0.2) is 4.68 Å². The Bertz CT molecular complexity index is 747. The van der Waals surface area contributed by atoms with Gasteiger partial charge in [0.05, 0.1) is 19.6 Å². The molecular weight excluding hydrogens is 320 g/mol. The van der Waals surface area contributed by atoms with Crippen LogP contribution >= 0.6 is 0 Å². The van der Waals surface area contributed by atoms with E-state index in [2.05, 4.69) is 57.1 Å². The second-order valence-corrected chi connectivity index (χ2v) is 8.14. The minimum absolute atomic E-state index is 0.173. The van der Waals surface area contributed by atoms with Gasteiger partial charge in [0.25, 0.3) is 0 Å². The van der Waals surface area contributed by atoms with Gasteiger partial charge in [0.15, 0.2) is 5.82 Å². The van der Waals surface area contributed by atoms with Crippen LogP contribution in [0.3, 0.4) is 0 Å². The highest BCUT2D eigenvalue weighted by Crippen LogP contribution is 2.42. The molecule has 2 aromatic rings. The van der Waals surface area contributed by atoms with Crippen molar-refractivity contribution in [3.8, 4) is 17.1 Å². The summed E-state index contributed by atoms with van der Waals surface area (Å²) in [6.45, 7) is 12.2. The number of ether oxygens (including phenoxy) is 1. The molecule has 0 spiro atoms. The van der Waals surface area contributed by atoms with E-state index >= 15 is 0 Å². The first-order valence-electron chi connectivity index (χ1n) is 8.14. The fourth-order valence-corrected chi connectivity index (χ4v) is 2.73. The molecule has 0 radical (unpaired) electrons. The lowest BCUT2D eigenvalue weighted by Gasteiger charge is -2.29.